The molecule has 0 amide bonds. The zero-order valence-electron chi connectivity index (χ0n) is 10.2. The molecule has 2 aromatic rings. The number of aryl methyl sites for hydroxylation is 1. The summed E-state index contributed by atoms with van der Waals surface area (Å²) in [6.07, 6.45) is 0. The van der Waals surface area contributed by atoms with E-state index in [-0.39, 0.29) is 4.90 Å². The number of hydrogen-bond acceptors (Lipinski definition) is 3. The zero-order chi connectivity index (χ0) is 14.9. The van der Waals surface area contributed by atoms with Crippen LogP contribution in [0.3, 0.4) is 0 Å². The number of rotatable bonds is 3. The monoisotopic (exact) mass is 302 g/mol. The topological polar surface area (TPSA) is 43.4 Å². The minimum absolute atomic E-state index is 0.173. The fourth-order valence-electron chi connectivity index (χ4n) is 1.46. The molecular weight excluding hydrogens is 293 g/mol. The molecule has 0 N–H and O–H groups in total. The van der Waals surface area contributed by atoms with Gasteiger partial charge in [0.05, 0.1) is 0 Å². The lowest BCUT2D eigenvalue weighted by molar-refractivity contribution is 0.432. The highest BCUT2D eigenvalue weighted by molar-refractivity contribution is 7.87. The molecule has 0 bridgehead atoms. The molecule has 0 aliphatic heterocycles. The van der Waals surface area contributed by atoms with Gasteiger partial charge >= 0.3 is 10.1 Å². The van der Waals surface area contributed by atoms with Crippen LogP contribution in [0.2, 0.25) is 0 Å². The van der Waals surface area contributed by atoms with E-state index in [0.717, 1.165) is 5.56 Å². The van der Waals surface area contributed by atoms with Crippen LogP contribution < -0.4 is 4.18 Å². The highest BCUT2D eigenvalue weighted by atomic mass is 32.2. The van der Waals surface area contributed by atoms with Crippen LogP contribution >= 0.6 is 0 Å². The predicted molar refractivity (Wildman–Crippen MR) is 65.3 cm³/mol. The highest BCUT2D eigenvalue weighted by Crippen LogP contribution is 2.23. The van der Waals surface area contributed by atoms with Crippen LogP contribution in [0, 0.1) is 24.4 Å². The van der Waals surface area contributed by atoms with Crippen LogP contribution in [0.1, 0.15) is 5.56 Å². The molecule has 2 rings (SSSR count). The Kier molecular flexibility index (Phi) is 3.71. The molecule has 0 aliphatic rings. The Morgan fingerprint density at radius 1 is 0.950 bits per heavy atom. The van der Waals surface area contributed by atoms with E-state index in [1.807, 2.05) is 0 Å². The van der Waals surface area contributed by atoms with Gasteiger partial charge in [-0.2, -0.15) is 8.42 Å². The Hall–Kier alpha value is -2.02. The fraction of sp³-hybridized carbons (Fsp3) is 0.0769. The van der Waals surface area contributed by atoms with Gasteiger partial charge in [0.25, 0.3) is 0 Å². The molecule has 2 aromatic carbocycles. The SMILES string of the molecule is Cc1ccc(S(=O)(=O)Oc2cc(F)c(F)c(F)c2)cc1. The lowest BCUT2D eigenvalue weighted by Gasteiger charge is -2.08. The van der Waals surface area contributed by atoms with Crippen molar-refractivity contribution < 1.29 is 25.8 Å². The largest absolute Gasteiger partial charge is 0.379 e. The summed E-state index contributed by atoms with van der Waals surface area (Å²) in [7, 11) is -4.23. The molecule has 0 aliphatic carbocycles. The van der Waals surface area contributed by atoms with Crippen molar-refractivity contribution in [3.05, 3.63) is 59.4 Å². The molecule has 0 saturated heterocycles. The molecule has 0 heterocycles. The molecule has 7 heteroatoms. The van der Waals surface area contributed by atoms with E-state index in [9.17, 15) is 21.6 Å². The van der Waals surface area contributed by atoms with Gasteiger partial charge in [-0.15, -0.1) is 0 Å². The van der Waals surface area contributed by atoms with E-state index in [0.29, 0.717) is 12.1 Å². The Morgan fingerprint density at radius 3 is 1.95 bits per heavy atom. The van der Waals surface area contributed by atoms with Crippen molar-refractivity contribution in [2.24, 2.45) is 0 Å². The van der Waals surface area contributed by atoms with Crippen LogP contribution in [-0.4, -0.2) is 8.42 Å². The molecule has 0 atom stereocenters. The summed E-state index contributed by atoms with van der Waals surface area (Å²) in [6.45, 7) is 1.77. The molecule has 3 nitrogen and oxygen atoms in total. The van der Waals surface area contributed by atoms with Crippen molar-refractivity contribution in [3.63, 3.8) is 0 Å². The van der Waals surface area contributed by atoms with Gasteiger partial charge in [-0.25, -0.2) is 13.2 Å². The van der Waals surface area contributed by atoms with Gasteiger partial charge < -0.3 is 4.18 Å². The Balaban J connectivity index is 2.36. The van der Waals surface area contributed by atoms with Crippen molar-refractivity contribution in [3.8, 4) is 5.75 Å². The summed E-state index contributed by atoms with van der Waals surface area (Å²) < 4.78 is 67.0. The maximum atomic E-state index is 13.0. The first kappa shape index (κ1) is 14.4. The predicted octanol–water partition coefficient (Wildman–Crippen LogP) is 3.18. The highest BCUT2D eigenvalue weighted by Gasteiger charge is 2.19. The second-order valence-corrected chi connectivity index (χ2v) is 5.60. The van der Waals surface area contributed by atoms with E-state index in [1.165, 1.54) is 12.1 Å². The minimum atomic E-state index is -4.23. The van der Waals surface area contributed by atoms with Gasteiger partial charge in [0.2, 0.25) is 0 Å². The molecule has 20 heavy (non-hydrogen) atoms. The molecule has 0 spiro atoms. The van der Waals surface area contributed by atoms with Gasteiger partial charge in [0.15, 0.2) is 17.5 Å². The average molecular weight is 302 g/mol. The quantitative estimate of drug-likeness (QED) is 0.646. The number of hydrogen-bond donors (Lipinski definition) is 0. The fourth-order valence-corrected chi connectivity index (χ4v) is 2.38. The smallest absolute Gasteiger partial charge is 0.339 e. The first-order valence-electron chi connectivity index (χ1n) is 5.45. The summed E-state index contributed by atoms with van der Waals surface area (Å²) >= 11 is 0. The third-order valence-corrected chi connectivity index (χ3v) is 3.73. The standard InChI is InChI=1S/C13H9F3O3S/c1-8-2-4-10(5-3-8)20(17,18)19-9-6-11(14)13(16)12(15)7-9/h2-7H,1H3. The lowest BCUT2D eigenvalue weighted by atomic mass is 10.2. The summed E-state index contributed by atoms with van der Waals surface area (Å²) in [5.74, 6) is -5.38. The molecule has 106 valence electrons. The van der Waals surface area contributed by atoms with Crippen LogP contribution in [-0.2, 0) is 10.1 Å². The summed E-state index contributed by atoms with van der Waals surface area (Å²) in [4.78, 5) is -0.173. The van der Waals surface area contributed by atoms with Gasteiger partial charge in [-0.1, -0.05) is 17.7 Å². The molecular formula is C13H9F3O3S. The first-order valence-corrected chi connectivity index (χ1v) is 6.86. The van der Waals surface area contributed by atoms with E-state index in [4.69, 9.17) is 0 Å². The van der Waals surface area contributed by atoms with Crippen LogP contribution in [0.4, 0.5) is 13.2 Å². The van der Waals surface area contributed by atoms with Crippen molar-refractivity contribution in [2.45, 2.75) is 11.8 Å². The Morgan fingerprint density at radius 2 is 1.45 bits per heavy atom. The average Bonchev–Trinajstić information content (AvgIpc) is 2.36. The molecule has 0 aromatic heterocycles. The summed E-state index contributed by atoms with van der Waals surface area (Å²) in [5, 5.41) is 0. The van der Waals surface area contributed by atoms with E-state index >= 15 is 0 Å². The summed E-state index contributed by atoms with van der Waals surface area (Å²) in [6, 6.07) is 6.60. The molecule has 0 fully saturated rings. The second kappa shape index (κ2) is 5.16. The normalized spacial score (nSPS) is 11.4. The van der Waals surface area contributed by atoms with Crippen LogP contribution in [0.25, 0.3) is 0 Å². The minimum Gasteiger partial charge on any atom is -0.379 e. The summed E-state index contributed by atoms with van der Waals surface area (Å²) in [5.41, 5.74) is 0.836. The Bertz CT molecular complexity index is 717. The van der Waals surface area contributed by atoms with E-state index in [2.05, 4.69) is 4.18 Å². The van der Waals surface area contributed by atoms with E-state index < -0.39 is 33.3 Å². The third-order valence-electron chi connectivity index (χ3n) is 2.47. The van der Waals surface area contributed by atoms with Gasteiger partial charge in [-0.3, -0.25) is 0 Å². The van der Waals surface area contributed by atoms with Crippen molar-refractivity contribution in [1.29, 1.82) is 0 Å². The maximum Gasteiger partial charge on any atom is 0.339 e. The van der Waals surface area contributed by atoms with Gasteiger partial charge in [0, 0.05) is 12.1 Å². The zero-order valence-corrected chi connectivity index (χ0v) is 11.0. The molecule has 0 unspecified atom stereocenters. The third kappa shape index (κ3) is 2.93. The lowest BCUT2D eigenvalue weighted by Crippen LogP contribution is -2.10. The van der Waals surface area contributed by atoms with Gasteiger partial charge in [-0.05, 0) is 19.1 Å². The second-order valence-electron chi connectivity index (χ2n) is 4.05. The maximum absolute atomic E-state index is 13.0. The van der Waals surface area contributed by atoms with Crippen molar-refractivity contribution >= 4 is 10.1 Å². The number of benzene rings is 2. The van der Waals surface area contributed by atoms with Crippen LogP contribution in [0.5, 0.6) is 5.75 Å². The van der Waals surface area contributed by atoms with Crippen LogP contribution in [0.15, 0.2) is 41.3 Å². The molecule has 0 radical (unpaired) electrons. The van der Waals surface area contributed by atoms with Crippen molar-refractivity contribution in [1.82, 2.24) is 0 Å². The molecule has 0 saturated carbocycles. The van der Waals surface area contributed by atoms with Crippen molar-refractivity contribution in [2.75, 3.05) is 0 Å². The van der Waals surface area contributed by atoms with Gasteiger partial charge in [0.1, 0.15) is 10.6 Å². The Labute approximate surface area is 113 Å². The first-order chi connectivity index (χ1) is 9.29. The van der Waals surface area contributed by atoms with E-state index in [1.54, 1.807) is 19.1 Å². The number of halogens is 3.